The van der Waals surface area contributed by atoms with Crippen molar-refractivity contribution in [1.82, 2.24) is 9.47 Å². The first-order valence-corrected chi connectivity index (χ1v) is 9.65. The van der Waals surface area contributed by atoms with Crippen molar-refractivity contribution in [2.24, 2.45) is 0 Å². The number of benzene rings is 2. The van der Waals surface area contributed by atoms with Gasteiger partial charge in [-0.15, -0.1) is 0 Å². The highest BCUT2D eigenvalue weighted by atomic mass is 19.4. The molecule has 0 spiro atoms. The number of hydrogen-bond donors (Lipinski definition) is 3. The lowest BCUT2D eigenvalue weighted by Crippen LogP contribution is -2.39. The number of nitrogens with one attached hydrogen (secondary N) is 3. The molecule has 168 valence electrons. The average Bonchev–Trinajstić information content (AvgIpc) is 2.74. The van der Waals surface area contributed by atoms with Crippen LogP contribution in [0.3, 0.4) is 0 Å². The van der Waals surface area contributed by atoms with Gasteiger partial charge in [0.15, 0.2) is 0 Å². The van der Waals surface area contributed by atoms with E-state index in [2.05, 4.69) is 10.6 Å². The number of alkyl halides is 3. The second-order valence-corrected chi connectivity index (χ2v) is 7.20. The Morgan fingerprint density at radius 3 is 2.59 bits per heavy atom. The lowest BCUT2D eigenvalue weighted by atomic mass is 10.1. The number of pyridine rings is 1. The molecule has 0 radical (unpaired) electrons. The van der Waals surface area contributed by atoms with Crippen LogP contribution >= 0.6 is 0 Å². The predicted octanol–water partition coefficient (Wildman–Crippen LogP) is 3.81. The molecule has 0 bridgehead atoms. The molecule has 1 heterocycles. The van der Waals surface area contributed by atoms with Gasteiger partial charge in [-0.1, -0.05) is 12.1 Å². The quantitative estimate of drug-likeness (QED) is 0.483. The standard InChI is InChI=1S/C22H22F3N5O2/c1-27-17-7-6-16(10-15(17)11-26)28-18-5-3-4-14-8-9-30(21(32)20(14)18)12-19(31)29(2)13-22(23,24)25/h3-11,26-28H,12-13H2,1-2H3. The molecule has 0 aliphatic carbocycles. The molecule has 3 aromatic rings. The molecule has 10 heteroatoms. The number of likely N-dealkylation sites (N-methyl/N-ethyl adjacent to an activating group) is 1. The van der Waals surface area contributed by atoms with Crippen LogP contribution in [0.25, 0.3) is 10.8 Å². The van der Waals surface area contributed by atoms with Crippen molar-refractivity contribution in [3.05, 3.63) is 64.6 Å². The van der Waals surface area contributed by atoms with Gasteiger partial charge < -0.3 is 25.5 Å². The summed E-state index contributed by atoms with van der Waals surface area (Å²) >= 11 is 0. The second-order valence-electron chi connectivity index (χ2n) is 7.20. The van der Waals surface area contributed by atoms with E-state index < -0.39 is 30.7 Å². The van der Waals surface area contributed by atoms with Gasteiger partial charge in [0, 0.05) is 43.4 Å². The maximum Gasteiger partial charge on any atom is 0.406 e. The fraction of sp³-hybridized carbons (Fsp3) is 0.227. The lowest BCUT2D eigenvalue weighted by molar-refractivity contribution is -0.158. The number of hydrogen-bond acceptors (Lipinski definition) is 5. The molecular formula is C22H22F3N5O2. The van der Waals surface area contributed by atoms with Crippen molar-refractivity contribution < 1.29 is 18.0 Å². The molecule has 0 aliphatic rings. The molecule has 0 saturated heterocycles. The summed E-state index contributed by atoms with van der Waals surface area (Å²) in [5.74, 6) is -0.826. The van der Waals surface area contributed by atoms with Crippen LogP contribution in [0.15, 0.2) is 53.5 Å². The van der Waals surface area contributed by atoms with Gasteiger partial charge in [0.25, 0.3) is 5.56 Å². The van der Waals surface area contributed by atoms with Crippen LogP contribution in [0.5, 0.6) is 0 Å². The van der Waals surface area contributed by atoms with Gasteiger partial charge in [-0.2, -0.15) is 13.2 Å². The van der Waals surface area contributed by atoms with E-state index in [9.17, 15) is 22.8 Å². The number of anilines is 3. The second kappa shape index (κ2) is 9.13. The topological polar surface area (TPSA) is 90.2 Å². The van der Waals surface area contributed by atoms with Gasteiger partial charge >= 0.3 is 6.18 Å². The molecule has 0 aliphatic heterocycles. The number of aromatic nitrogens is 1. The van der Waals surface area contributed by atoms with E-state index in [4.69, 9.17) is 5.41 Å². The summed E-state index contributed by atoms with van der Waals surface area (Å²) in [6, 6.07) is 12.1. The Bertz CT molecular complexity index is 1220. The third kappa shape index (κ3) is 5.08. The molecule has 0 fully saturated rings. The number of amides is 1. The number of carbonyl (C=O) groups is 1. The SMILES string of the molecule is CNc1ccc(Nc2cccc3ccn(CC(=O)N(C)CC(F)(F)F)c(=O)c23)cc1C=N. The average molecular weight is 445 g/mol. The largest absolute Gasteiger partial charge is 0.406 e. The molecule has 1 aromatic heterocycles. The minimum absolute atomic E-state index is 0.301. The molecular weight excluding hydrogens is 423 g/mol. The van der Waals surface area contributed by atoms with E-state index in [0.717, 1.165) is 17.3 Å². The van der Waals surface area contributed by atoms with Gasteiger partial charge in [0.05, 0.1) is 11.1 Å². The highest BCUT2D eigenvalue weighted by Crippen LogP contribution is 2.26. The van der Waals surface area contributed by atoms with E-state index >= 15 is 0 Å². The van der Waals surface area contributed by atoms with Crippen LogP contribution in [0.4, 0.5) is 30.2 Å². The van der Waals surface area contributed by atoms with Gasteiger partial charge in [-0.3, -0.25) is 9.59 Å². The monoisotopic (exact) mass is 445 g/mol. The van der Waals surface area contributed by atoms with E-state index in [-0.39, 0.29) is 0 Å². The number of fused-ring (bicyclic) bond motifs is 1. The molecule has 32 heavy (non-hydrogen) atoms. The van der Waals surface area contributed by atoms with E-state index in [0.29, 0.717) is 32.6 Å². The normalized spacial score (nSPS) is 11.3. The van der Waals surface area contributed by atoms with Crippen molar-refractivity contribution in [3.8, 4) is 0 Å². The Hall–Kier alpha value is -3.82. The maximum atomic E-state index is 13.1. The highest BCUT2D eigenvalue weighted by molar-refractivity contribution is 5.95. The Labute approximate surface area is 182 Å². The van der Waals surface area contributed by atoms with Gasteiger partial charge in [-0.05, 0) is 35.7 Å². The van der Waals surface area contributed by atoms with Crippen LogP contribution in [-0.4, -0.2) is 48.4 Å². The third-order valence-electron chi connectivity index (χ3n) is 4.91. The van der Waals surface area contributed by atoms with Crippen molar-refractivity contribution in [2.75, 3.05) is 31.3 Å². The highest BCUT2D eigenvalue weighted by Gasteiger charge is 2.31. The third-order valence-corrected chi connectivity index (χ3v) is 4.91. The summed E-state index contributed by atoms with van der Waals surface area (Å²) in [6.07, 6.45) is -1.92. The van der Waals surface area contributed by atoms with Crippen LogP contribution in [0, 0.1) is 5.41 Å². The van der Waals surface area contributed by atoms with Crippen LogP contribution < -0.4 is 16.2 Å². The number of rotatable bonds is 7. The molecule has 0 saturated carbocycles. The molecule has 0 atom stereocenters. The summed E-state index contributed by atoms with van der Waals surface area (Å²) in [4.78, 5) is 25.8. The zero-order chi connectivity index (χ0) is 23.5. The summed E-state index contributed by atoms with van der Waals surface area (Å²) in [7, 11) is 2.79. The Morgan fingerprint density at radius 2 is 1.94 bits per heavy atom. The smallest absolute Gasteiger partial charge is 0.388 e. The maximum absolute atomic E-state index is 13.1. The van der Waals surface area contributed by atoms with E-state index in [1.54, 1.807) is 49.5 Å². The summed E-state index contributed by atoms with van der Waals surface area (Å²) in [6.45, 7) is -1.90. The molecule has 2 aromatic carbocycles. The van der Waals surface area contributed by atoms with Crippen LogP contribution in [-0.2, 0) is 11.3 Å². The fourth-order valence-corrected chi connectivity index (χ4v) is 3.32. The Balaban J connectivity index is 1.95. The molecule has 3 N–H and O–H groups in total. The van der Waals surface area contributed by atoms with Crippen molar-refractivity contribution in [1.29, 1.82) is 5.41 Å². The predicted molar refractivity (Wildman–Crippen MR) is 119 cm³/mol. The van der Waals surface area contributed by atoms with E-state index in [1.807, 2.05) is 0 Å². The van der Waals surface area contributed by atoms with Gasteiger partial charge in [-0.25, -0.2) is 0 Å². The minimum Gasteiger partial charge on any atom is -0.388 e. The van der Waals surface area contributed by atoms with Crippen molar-refractivity contribution >= 4 is 40.0 Å². The number of halogens is 3. The first-order chi connectivity index (χ1) is 15.1. The molecule has 1 amide bonds. The zero-order valence-electron chi connectivity index (χ0n) is 17.5. The first-order valence-electron chi connectivity index (χ1n) is 9.65. The van der Waals surface area contributed by atoms with Crippen molar-refractivity contribution in [2.45, 2.75) is 12.7 Å². The van der Waals surface area contributed by atoms with Crippen LogP contribution in [0.2, 0.25) is 0 Å². The van der Waals surface area contributed by atoms with E-state index in [1.165, 1.54) is 12.4 Å². The Morgan fingerprint density at radius 1 is 1.19 bits per heavy atom. The summed E-state index contributed by atoms with van der Waals surface area (Å²) in [5, 5.41) is 14.6. The van der Waals surface area contributed by atoms with Gasteiger partial charge in [0.2, 0.25) is 5.91 Å². The summed E-state index contributed by atoms with van der Waals surface area (Å²) in [5.41, 5.74) is 2.04. The molecule has 0 unspecified atom stereocenters. The Kier molecular flexibility index (Phi) is 6.52. The van der Waals surface area contributed by atoms with Gasteiger partial charge in [0.1, 0.15) is 13.1 Å². The van der Waals surface area contributed by atoms with Crippen LogP contribution in [0.1, 0.15) is 5.56 Å². The minimum atomic E-state index is -4.52. The zero-order valence-corrected chi connectivity index (χ0v) is 17.5. The summed E-state index contributed by atoms with van der Waals surface area (Å²) < 4.78 is 38.8. The number of carbonyl (C=O) groups excluding carboxylic acids is 1. The molecule has 3 rings (SSSR count). The number of nitrogens with zero attached hydrogens (tertiary/aromatic N) is 2. The van der Waals surface area contributed by atoms with Crippen molar-refractivity contribution in [3.63, 3.8) is 0 Å². The molecule has 7 nitrogen and oxygen atoms in total. The first kappa shape index (κ1) is 22.9. The fourth-order valence-electron chi connectivity index (χ4n) is 3.32. The lowest BCUT2D eigenvalue weighted by Gasteiger charge is -2.19.